The van der Waals surface area contributed by atoms with E-state index < -0.39 is 0 Å². The molecule has 0 heterocycles. The minimum atomic E-state index is -0.330. The fourth-order valence-electron chi connectivity index (χ4n) is 2.65. The van der Waals surface area contributed by atoms with Gasteiger partial charge in [0.05, 0.1) is 13.2 Å². The van der Waals surface area contributed by atoms with Crippen LogP contribution in [0.4, 0.5) is 0 Å². The lowest BCUT2D eigenvalue weighted by Gasteiger charge is -2.09. The Morgan fingerprint density at radius 3 is 2.30 bits per heavy atom. The Morgan fingerprint density at radius 2 is 1.60 bits per heavy atom. The van der Waals surface area contributed by atoms with Crippen molar-refractivity contribution in [2.45, 2.75) is 33.2 Å². The number of carbonyl (C=O) groups excluding carboxylic acids is 3. The van der Waals surface area contributed by atoms with Crippen molar-refractivity contribution in [3.63, 3.8) is 0 Å². The fourth-order valence-corrected chi connectivity index (χ4v) is 2.65. The minimum absolute atomic E-state index is 0.135. The van der Waals surface area contributed by atoms with Crippen molar-refractivity contribution in [3.8, 4) is 5.75 Å². The molecular weight excluding hydrogens is 382 g/mol. The number of amides is 3. The summed E-state index contributed by atoms with van der Waals surface area (Å²) in [5.74, 6) is -0.0814. The van der Waals surface area contributed by atoms with E-state index in [4.69, 9.17) is 4.74 Å². The second kappa shape index (κ2) is 12.3. The molecule has 0 spiro atoms. The molecule has 0 aliphatic rings. The molecule has 0 atom stereocenters. The maximum absolute atomic E-state index is 12.2. The van der Waals surface area contributed by atoms with Gasteiger partial charge in [-0.2, -0.15) is 0 Å². The second-order valence-electron chi connectivity index (χ2n) is 6.75. The molecule has 2 aromatic carbocycles. The van der Waals surface area contributed by atoms with E-state index in [9.17, 15) is 14.4 Å². The topological polar surface area (TPSA) is 96.5 Å². The molecule has 0 fully saturated rings. The average molecular weight is 412 g/mol. The summed E-state index contributed by atoms with van der Waals surface area (Å²) < 4.78 is 5.57. The van der Waals surface area contributed by atoms with Crippen molar-refractivity contribution >= 4 is 17.7 Å². The molecule has 0 saturated carbocycles. The van der Waals surface area contributed by atoms with Gasteiger partial charge in [0.1, 0.15) is 5.75 Å². The van der Waals surface area contributed by atoms with Crippen molar-refractivity contribution in [1.29, 1.82) is 0 Å². The summed E-state index contributed by atoms with van der Waals surface area (Å²) in [5, 5.41) is 8.07. The molecule has 0 aliphatic carbocycles. The lowest BCUT2D eigenvalue weighted by atomic mass is 10.1. The summed E-state index contributed by atoms with van der Waals surface area (Å²) in [4.78, 5) is 36.1. The number of unbranched alkanes of at least 4 members (excludes halogenated alkanes) is 1. The zero-order valence-corrected chi connectivity index (χ0v) is 17.5. The first kappa shape index (κ1) is 22.9. The van der Waals surface area contributed by atoms with Crippen molar-refractivity contribution in [3.05, 3.63) is 65.2 Å². The Balaban J connectivity index is 1.77. The lowest BCUT2D eigenvalue weighted by Crippen LogP contribution is -2.36. The minimum Gasteiger partial charge on any atom is -0.494 e. The van der Waals surface area contributed by atoms with Crippen LogP contribution in [0.5, 0.6) is 5.75 Å². The van der Waals surface area contributed by atoms with E-state index in [0.29, 0.717) is 30.0 Å². The van der Waals surface area contributed by atoms with Crippen LogP contribution in [0.25, 0.3) is 0 Å². The molecule has 0 unspecified atom stereocenters. The molecule has 30 heavy (non-hydrogen) atoms. The van der Waals surface area contributed by atoms with Crippen LogP contribution in [0.1, 0.15) is 53.0 Å². The first-order chi connectivity index (χ1) is 14.5. The summed E-state index contributed by atoms with van der Waals surface area (Å²) in [6.45, 7) is 5.28. The quantitative estimate of drug-likeness (QED) is 0.495. The highest BCUT2D eigenvalue weighted by Gasteiger charge is 2.09. The molecule has 3 amide bonds. The van der Waals surface area contributed by atoms with Crippen molar-refractivity contribution in [2.24, 2.45) is 0 Å². The summed E-state index contributed by atoms with van der Waals surface area (Å²) in [7, 11) is 0. The summed E-state index contributed by atoms with van der Waals surface area (Å²) in [6, 6.07) is 13.9. The van der Waals surface area contributed by atoms with Crippen molar-refractivity contribution in [2.75, 3.05) is 19.7 Å². The highest BCUT2D eigenvalue weighted by molar-refractivity contribution is 5.96. The summed E-state index contributed by atoms with van der Waals surface area (Å²) in [5.41, 5.74) is 1.80. The summed E-state index contributed by atoms with van der Waals surface area (Å²) >= 11 is 0. The van der Waals surface area contributed by atoms with Gasteiger partial charge in [-0.25, -0.2) is 0 Å². The molecule has 2 rings (SSSR count). The zero-order valence-electron chi connectivity index (χ0n) is 17.5. The standard InChI is InChI=1S/C23H29N3O4/c1-3-5-13-30-20-11-9-18(10-12-20)22(28)26-16-21(27)25-15-17-7-6-8-19(14-17)23(29)24-4-2/h6-12,14H,3-5,13,15-16H2,1-2H3,(H,24,29)(H,25,27)(H,26,28). The lowest BCUT2D eigenvalue weighted by molar-refractivity contribution is -0.120. The largest absolute Gasteiger partial charge is 0.494 e. The number of ether oxygens (including phenoxy) is 1. The van der Waals surface area contributed by atoms with Crippen LogP contribution < -0.4 is 20.7 Å². The first-order valence-corrected chi connectivity index (χ1v) is 10.2. The number of hydrogen-bond acceptors (Lipinski definition) is 4. The monoisotopic (exact) mass is 411 g/mol. The Morgan fingerprint density at radius 1 is 0.867 bits per heavy atom. The van der Waals surface area contributed by atoms with Crippen LogP contribution in [0.2, 0.25) is 0 Å². The molecular formula is C23H29N3O4. The van der Waals surface area contributed by atoms with Gasteiger partial charge in [0.25, 0.3) is 11.8 Å². The molecule has 7 heteroatoms. The summed E-state index contributed by atoms with van der Waals surface area (Å²) in [6.07, 6.45) is 2.04. The van der Waals surface area contributed by atoms with Gasteiger partial charge in [0, 0.05) is 24.2 Å². The van der Waals surface area contributed by atoms with Gasteiger partial charge in [-0.15, -0.1) is 0 Å². The molecule has 0 saturated heterocycles. The van der Waals surface area contributed by atoms with Crippen molar-refractivity contribution < 1.29 is 19.1 Å². The molecule has 0 aromatic heterocycles. The van der Waals surface area contributed by atoms with Crippen LogP contribution in [0.3, 0.4) is 0 Å². The van der Waals surface area contributed by atoms with Crippen LogP contribution in [-0.4, -0.2) is 37.4 Å². The molecule has 0 bridgehead atoms. The van der Waals surface area contributed by atoms with E-state index in [2.05, 4.69) is 22.9 Å². The van der Waals surface area contributed by atoms with Crippen LogP contribution in [-0.2, 0) is 11.3 Å². The highest BCUT2D eigenvalue weighted by atomic mass is 16.5. The van der Waals surface area contributed by atoms with Crippen LogP contribution in [0.15, 0.2) is 48.5 Å². The predicted molar refractivity (Wildman–Crippen MR) is 115 cm³/mol. The number of carbonyl (C=O) groups is 3. The molecule has 7 nitrogen and oxygen atoms in total. The van der Waals surface area contributed by atoms with E-state index in [-0.39, 0.29) is 30.8 Å². The maximum atomic E-state index is 12.2. The number of hydrogen-bond donors (Lipinski definition) is 3. The Bertz CT molecular complexity index is 850. The van der Waals surface area contributed by atoms with Crippen molar-refractivity contribution in [1.82, 2.24) is 16.0 Å². The van der Waals surface area contributed by atoms with Gasteiger partial charge in [0.2, 0.25) is 5.91 Å². The maximum Gasteiger partial charge on any atom is 0.251 e. The predicted octanol–water partition coefficient (Wildman–Crippen LogP) is 2.66. The van der Waals surface area contributed by atoms with E-state index in [1.807, 2.05) is 13.0 Å². The number of benzene rings is 2. The van der Waals surface area contributed by atoms with Gasteiger partial charge in [0.15, 0.2) is 0 Å². The van der Waals surface area contributed by atoms with Gasteiger partial charge in [-0.05, 0) is 55.3 Å². The second-order valence-corrected chi connectivity index (χ2v) is 6.75. The Hall–Kier alpha value is -3.35. The molecule has 3 N–H and O–H groups in total. The molecule has 2 aromatic rings. The van der Waals surface area contributed by atoms with Gasteiger partial charge < -0.3 is 20.7 Å². The van der Waals surface area contributed by atoms with Crippen LogP contribution in [0, 0.1) is 0 Å². The van der Waals surface area contributed by atoms with Gasteiger partial charge in [-0.3, -0.25) is 14.4 Å². The molecule has 0 aliphatic heterocycles. The third-order valence-corrected chi connectivity index (χ3v) is 4.31. The number of rotatable bonds is 11. The van der Waals surface area contributed by atoms with Crippen LogP contribution >= 0.6 is 0 Å². The zero-order chi connectivity index (χ0) is 21.8. The third-order valence-electron chi connectivity index (χ3n) is 4.31. The van der Waals surface area contributed by atoms with Gasteiger partial charge in [-0.1, -0.05) is 25.5 Å². The normalized spacial score (nSPS) is 10.2. The third kappa shape index (κ3) is 7.58. The molecule has 0 radical (unpaired) electrons. The number of nitrogens with one attached hydrogen (secondary N) is 3. The average Bonchev–Trinajstić information content (AvgIpc) is 2.77. The smallest absolute Gasteiger partial charge is 0.251 e. The first-order valence-electron chi connectivity index (χ1n) is 10.2. The van der Waals surface area contributed by atoms with E-state index in [1.165, 1.54) is 0 Å². The SMILES string of the molecule is CCCCOc1ccc(C(=O)NCC(=O)NCc2cccc(C(=O)NCC)c2)cc1. The van der Waals surface area contributed by atoms with E-state index in [1.54, 1.807) is 42.5 Å². The van der Waals surface area contributed by atoms with E-state index in [0.717, 1.165) is 18.4 Å². The Kier molecular flexibility index (Phi) is 9.37. The fraction of sp³-hybridized carbons (Fsp3) is 0.348. The van der Waals surface area contributed by atoms with E-state index >= 15 is 0 Å². The van der Waals surface area contributed by atoms with Gasteiger partial charge >= 0.3 is 0 Å². The molecule has 160 valence electrons. The highest BCUT2D eigenvalue weighted by Crippen LogP contribution is 2.12. The Labute approximate surface area is 177 Å².